The summed E-state index contributed by atoms with van der Waals surface area (Å²) in [5, 5.41) is 17.3. The van der Waals surface area contributed by atoms with Crippen molar-refractivity contribution in [3.63, 3.8) is 0 Å². The van der Waals surface area contributed by atoms with Gasteiger partial charge in [0.25, 0.3) is 5.91 Å². The molecule has 3 rings (SSSR count). The number of thioether (sulfide) groups is 1. The van der Waals surface area contributed by atoms with E-state index in [1.807, 2.05) is 16.8 Å². The van der Waals surface area contributed by atoms with Crippen LogP contribution in [0.3, 0.4) is 0 Å². The molecule has 3 heterocycles. The van der Waals surface area contributed by atoms with Crippen molar-refractivity contribution in [3.05, 3.63) is 33.7 Å². The number of esters is 1. The van der Waals surface area contributed by atoms with E-state index in [9.17, 15) is 24.3 Å². The molecule has 0 bridgehead atoms. The molecule has 8 nitrogen and oxygen atoms in total. The molecule has 0 spiro atoms. The fraction of sp³-hybridized carbons (Fsp3) is 0.375. The Morgan fingerprint density at radius 1 is 1.41 bits per heavy atom. The number of carboxylic acids is 1. The minimum atomic E-state index is -1.51. The van der Waals surface area contributed by atoms with Gasteiger partial charge in [0.15, 0.2) is 0 Å². The Balaban J connectivity index is 0.00000261. The predicted octanol–water partition coefficient (Wildman–Crippen LogP) is -3.74. The third kappa shape index (κ3) is 4.75. The molecular weight excluding hydrogens is 403 g/mol. The first-order valence-corrected chi connectivity index (χ1v) is 9.69. The molecule has 0 saturated carbocycles. The number of aliphatic carboxylic acids is 1. The largest absolute Gasteiger partial charge is 1.00 e. The van der Waals surface area contributed by atoms with E-state index in [1.54, 1.807) is 0 Å². The number of rotatable bonds is 6. The SMILES string of the molecule is CC(=O)OCC1=C(C(=O)[O-])N2C(=O)C(NC(=O)Cc3ccsc3)[C@H]2SC1.[Na+]. The number of carbonyl (C=O) groups excluding carboxylic acids is 4. The molecule has 2 aliphatic heterocycles. The Kier molecular flexibility index (Phi) is 7.52. The van der Waals surface area contributed by atoms with Gasteiger partial charge in [-0.3, -0.25) is 19.3 Å². The Morgan fingerprint density at radius 3 is 2.74 bits per heavy atom. The van der Waals surface area contributed by atoms with E-state index in [0.717, 1.165) is 10.5 Å². The maximum atomic E-state index is 12.4. The summed E-state index contributed by atoms with van der Waals surface area (Å²) in [7, 11) is 0. The van der Waals surface area contributed by atoms with Crippen LogP contribution in [0.4, 0.5) is 0 Å². The second-order valence-corrected chi connectivity index (χ2v) is 7.67. The summed E-state index contributed by atoms with van der Waals surface area (Å²) in [5.74, 6) is -2.60. The molecule has 138 valence electrons. The summed E-state index contributed by atoms with van der Waals surface area (Å²) in [4.78, 5) is 48.0. The number of thiophene rings is 1. The summed E-state index contributed by atoms with van der Waals surface area (Å²) >= 11 is 2.78. The molecule has 0 aromatic carbocycles. The van der Waals surface area contributed by atoms with Crippen molar-refractivity contribution in [1.82, 2.24) is 10.2 Å². The number of amides is 2. The Bertz CT molecular complexity index is 795. The van der Waals surface area contributed by atoms with E-state index in [-0.39, 0.29) is 59.9 Å². The van der Waals surface area contributed by atoms with Crippen molar-refractivity contribution in [2.24, 2.45) is 0 Å². The predicted molar refractivity (Wildman–Crippen MR) is 91.7 cm³/mol. The Hall–Kier alpha value is -1.33. The fourth-order valence-corrected chi connectivity index (χ4v) is 4.77. The number of β-lactam (4-membered cyclic amide) rings is 1. The molecule has 2 aliphatic rings. The molecule has 2 atom stereocenters. The smallest absolute Gasteiger partial charge is 0.543 e. The van der Waals surface area contributed by atoms with Gasteiger partial charge < -0.3 is 20.0 Å². The van der Waals surface area contributed by atoms with Gasteiger partial charge in [-0.25, -0.2) is 0 Å². The average Bonchev–Trinajstić information content (AvgIpc) is 3.09. The average molecular weight is 418 g/mol. The molecular formula is C16H15N2NaO6S2. The maximum absolute atomic E-state index is 12.4. The maximum Gasteiger partial charge on any atom is 1.00 e. The minimum Gasteiger partial charge on any atom is -0.543 e. The third-order valence-electron chi connectivity index (χ3n) is 3.95. The van der Waals surface area contributed by atoms with E-state index in [1.165, 1.54) is 30.0 Å². The summed E-state index contributed by atoms with van der Waals surface area (Å²) in [6.07, 6.45) is 0.158. The van der Waals surface area contributed by atoms with Crippen molar-refractivity contribution in [1.29, 1.82) is 0 Å². The van der Waals surface area contributed by atoms with Gasteiger partial charge in [0.05, 0.1) is 18.1 Å². The van der Waals surface area contributed by atoms with Crippen LogP contribution in [0.1, 0.15) is 12.5 Å². The van der Waals surface area contributed by atoms with Gasteiger partial charge in [-0.15, -0.1) is 11.8 Å². The van der Waals surface area contributed by atoms with Crippen molar-refractivity contribution in [3.8, 4) is 0 Å². The van der Waals surface area contributed by atoms with Crippen LogP contribution >= 0.6 is 23.1 Å². The fourth-order valence-electron chi connectivity index (χ4n) is 2.77. The molecule has 1 N–H and O–H groups in total. The first kappa shape index (κ1) is 22.0. The normalized spacial score (nSPS) is 20.9. The van der Waals surface area contributed by atoms with Gasteiger partial charge in [-0.1, -0.05) is 0 Å². The van der Waals surface area contributed by atoms with E-state index in [0.29, 0.717) is 5.57 Å². The standard InChI is InChI=1S/C16H16N2O6S2.Na/c1-8(19)24-5-10-7-26-15-12(14(21)18(15)13(10)16(22)23)17-11(20)4-9-2-3-25-6-9;/h2-3,6,12,15H,4-5,7H2,1H3,(H,17,20)(H,22,23);/q;+1/p-1/t12?,15-;/m1./s1. The number of fused-ring (bicyclic) bond motifs is 1. The molecule has 1 aromatic rings. The molecule has 1 aromatic heterocycles. The van der Waals surface area contributed by atoms with Gasteiger partial charge in [0.2, 0.25) is 5.91 Å². The van der Waals surface area contributed by atoms with Crippen LogP contribution in [0, 0.1) is 0 Å². The van der Waals surface area contributed by atoms with Gasteiger partial charge in [-0.05, 0) is 22.4 Å². The minimum absolute atomic E-state index is 0. The number of nitrogens with one attached hydrogen (secondary N) is 1. The van der Waals surface area contributed by atoms with Gasteiger partial charge in [0, 0.05) is 18.2 Å². The zero-order valence-electron chi connectivity index (χ0n) is 14.7. The summed E-state index contributed by atoms with van der Waals surface area (Å²) in [6, 6.07) is 1.04. The number of nitrogens with zero attached hydrogens (tertiary/aromatic N) is 1. The quantitative estimate of drug-likeness (QED) is 0.287. The topological polar surface area (TPSA) is 116 Å². The van der Waals surface area contributed by atoms with E-state index >= 15 is 0 Å². The molecule has 11 heteroatoms. The number of hydrogen-bond donors (Lipinski definition) is 1. The summed E-state index contributed by atoms with van der Waals surface area (Å²) in [5.41, 5.74) is 0.882. The molecule has 1 fully saturated rings. The monoisotopic (exact) mass is 418 g/mol. The molecule has 27 heavy (non-hydrogen) atoms. The van der Waals surface area contributed by atoms with Gasteiger partial charge in [-0.2, -0.15) is 11.3 Å². The molecule has 2 amide bonds. The molecule has 0 radical (unpaired) electrons. The number of carboxylic acid groups (broad SMARTS) is 1. The summed E-state index contributed by atoms with van der Waals surface area (Å²) < 4.78 is 4.85. The van der Waals surface area contributed by atoms with Crippen molar-refractivity contribution >= 4 is 46.9 Å². The summed E-state index contributed by atoms with van der Waals surface area (Å²) in [6.45, 7) is 1.00. The van der Waals surface area contributed by atoms with Gasteiger partial charge in [0.1, 0.15) is 18.0 Å². The third-order valence-corrected chi connectivity index (χ3v) is 6.02. The van der Waals surface area contributed by atoms with Crippen LogP contribution in [-0.2, 0) is 30.3 Å². The zero-order valence-corrected chi connectivity index (χ0v) is 18.4. The number of ether oxygens (including phenoxy) is 1. The molecule has 1 saturated heterocycles. The first-order chi connectivity index (χ1) is 12.4. The van der Waals surface area contributed by atoms with E-state index in [2.05, 4.69) is 5.32 Å². The van der Waals surface area contributed by atoms with Crippen LogP contribution in [0.2, 0.25) is 0 Å². The zero-order chi connectivity index (χ0) is 18.8. The van der Waals surface area contributed by atoms with Crippen LogP contribution in [0.15, 0.2) is 28.1 Å². The van der Waals surface area contributed by atoms with Crippen LogP contribution in [-0.4, -0.2) is 52.4 Å². The van der Waals surface area contributed by atoms with Gasteiger partial charge >= 0.3 is 35.5 Å². The second-order valence-electron chi connectivity index (χ2n) is 5.78. The second kappa shape index (κ2) is 9.24. The van der Waals surface area contributed by atoms with E-state index in [4.69, 9.17) is 4.74 Å². The Morgan fingerprint density at radius 2 is 2.15 bits per heavy atom. The molecule has 1 unspecified atom stereocenters. The molecule has 0 aliphatic carbocycles. The van der Waals surface area contributed by atoms with E-state index < -0.39 is 29.3 Å². The van der Waals surface area contributed by atoms with Crippen LogP contribution in [0.25, 0.3) is 0 Å². The number of hydrogen-bond acceptors (Lipinski definition) is 8. The Labute approximate surface area is 185 Å². The van der Waals surface area contributed by atoms with Crippen molar-refractivity contribution in [2.75, 3.05) is 12.4 Å². The van der Waals surface area contributed by atoms with Crippen molar-refractivity contribution < 1.29 is 58.6 Å². The number of carbonyl (C=O) groups is 4. The van der Waals surface area contributed by atoms with Crippen LogP contribution < -0.4 is 40.0 Å². The first-order valence-electron chi connectivity index (χ1n) is 7.70. The van der Waals surface area contributed by atoms with Crippen LogP contribution in [0.5, 0.6) is 0 Å². The van der Waals surface area contributed by atoms with Crippen molar-refractivity contribution in [2.45, 2.75) is 24.8 Å².